The number of halogens is 3. The van der Waals surface area contributed by atoms with E-state index in [2.05, 4.69) is 66.8 Å². The van der Waals surface area contributed by atoms with Crippen LogP contribution in [0.15, 0.2) is 103 Å². The summed E-state index contributed by atoms with van der Waals surface area (Å²) in [5.41, 5.74) is 4.57. The molecule has 40 heavy (non-hydrogen) atoms. The molecule has 6 aromatic rings. The van der Waals surface area contributed by atoms with E-state index in [1.165, 1.54) is 17.8 Å². The van der Waals surface area contributed by atoms with Crippen LogP contribution in [0.2, 0.25) is 0 Å². The van der Waals surface area contributed by atoms with Crippen molar-refractivity contribution in [2.24, 2.45) is 0 Å². The van der Waals surface area contributed by atoms with Crippen LogP contribution >= 0.6 is 0 Å². The Balaban J connectivity index is 0.000000200. The minimum Gasteiger partial charge on any atom is -0.413 e. The van der Waals surface area contributed by atoms with Crippen LogP contribution in [0.5, 0.6) is 0 Å². The molecule has 6 rings (SSSR count). The minimum absolute atomic E-state index is 0. The molecule has 3 aromatic heterocycles. The zero-order valence-electron chi connectivity index (χ0n) is 20.9. The molecule has 0 saturated carbocycles. The van der Waals surface area contributed by atoms with Crippen LogP contribution in [0.3, 0.4) is 0 Å². The predicted octanol–water partition coefficient (Wildman–Crippen LogP) is 6.22. The quantitative estimate of drug-likeness (QED) is 0.202. The number of hydrogen-bond acceptors (Lipinski definition) is 5. The molecule has 203 valence electrons. The molecule has 0 aliphatic heterocycles. The fraction of sp³-hybridized carbons (Fsp3) is 0.0690. The molecule has 7 nitrogen and oxygen atoms in total. The summed E-state index contributed by atoms with van der Waals surface area (Å²) in [6.07, 6.45) is -3.13. The largest absolute Gasteiger partial charge is 0.429 e. The Morgan fingerprint density at radius 1 is 0.800 bits per heavy atom. The monoisotopic (exact) mass is 716 g/mol. The molecular formula is C29H20F3IrN7-2. The van der Waals surface area contributed by atoms with Crippen LogP contribution in [0.25, 0.3) is 39.7 Å². The molecule has 0 aliphatic rings. The third-order valence-corrected chi connectivity index (χ3v) is 5.60. The summed E-state index contributed by atoms with van der Waals surface area (Å²) in [7, 11) is 0. The third-order valence-electron chi connectivity index (χ3n) is 5.60. The second-order valence-corrected chi connectivity index (χ2v) is 8.27. The number of para-hydroxylation sites is 1. The maximum Gasteiger partial charge on any atom is 0.429 e. The number of hydrogen-bond donors (Lipinski definition) is 0. The van der Waals surface area contributed by atoms with E-state index in [4.69, 9.17) is 0 Å². The molecule has 3 aromatic carbocycles. The van der Waals surface area contributed by atoms with Gasteiger partial charge in [0.25, 0.3) is 0 Å². The first kappa shape index (κ1) is 28.5. The molecule has 0 aliphatic carbocycles. The molecule has 0 unspecified atom stereocenters. The first-order valence-corrected chi connectivity index (χ1v) is 11.8. The molecule has 0 spiro atoms. The van der Waals surface area contributed by atoms with Crippen molar-refractivity contribution >= 4 is 0 Å². The van der Waals surface area contributed by atoms with Gasteiger partial charge in [-0.3, -0.25) is 10.1 Å². The number of nitrogens with zero attached hydrogens (tertiary/aromatic N) is 7. The normalized spacial score (nSPS) is 10.8. The van der Waals surface area contributed by atoms with E-state index in [0.717, 1.165) is 28.5 Å². The number of rotatable bonds is 4. The van der Waals surface area contributed by atoms with Gasteiger partial charge in [0.2, 0.25) is 0 Å². The van der Waals surface area contributed by atoms with Crippen molar-refractivity contribution in [3.63, 3.8) is 0 Å². The van der Waals surface area contributed by atoms with Crippen LogP contribution in [0, 0.1) is 13.0 Å². The van der Waals surface area contributed by atoms with Gasteiger partial charge < -0.3 is 14.6 Å². The van der Waals surface area contributed by atoms with Crippen LogP contribution in [-0.2, 0) is 26.3 Å². The molecular weight excluding hydrogens is 696 g/mol. The second kappa shape index (κ2) is 12.6. The number of aryl methyl sites for hydroxylation is 1. The van der Waals surface area contributed by atoms with E-state index in [1.54, 1.807) is 12.1 Å². The average molecular weight is 716 g/mol. The summed E-state index contributed by atoms with van der Waals surface area (Å²) in [5, 5.41) is 14.8. The Hall–Kier alpha value is -4.47. The first-order valence-electron chi connectivity index (χ1n) is 11.8. The number of pyridine rings is 1. The van der Waals surface area contributed by atoms with E-state index >= 15 is 0 Å². The van der Waals surface area contributed by atoms with Gasteiger partial charge in [0.05, 0.1) is 11.5 Å². The Morgan fingerprint density at radius 3 is 2.10 bits per heavy atom. The summed E-state index contributed by atoms with van der Waals surface area (Å²) in [5.74, 6) is 0.293. The molecule has 0 N–H and O–H groups in total. The van der Waals surface area contributed by atoms with Crippen molar-refractivity contribution in [3.8, 4) is 39.7 Å². The summed E-state index contributed by atoms with van der Waals surface area (Å²) in [4.78, 5) is 7.05. The van der Waals surface area contributed by atoms with Gasteiger partial charge in [0, 0.05) is 32.0 Å². The first-order chi connectivity index (χ1) is 18.9. The van der Waals surface area contributed by atoms with E-state index in [0.29, 0.717) is 0 Å². The van der Waals surface area contributed by atoms with Gasteiger partial charge in [-0.1, -0.05) is 65.7 Å². The zero-order chi connectivity index (χ0) is 27.2. The summed E-state index contributed by atoms with van der Waals surface area (Å²) >= 11 is 0. The minimum atomic E-state index is -4.57. The topological polar surface area (TPSA) is 83.5 Å². The van der Waals surface area contributed by atoms with Crippen molar-refractivity contribution in [2.45, 2.75) is 13.1 Å². The van der Waals surface area contributed by atoms with Crippen molar-refractivity contribution in [1.29, 1.82) is 0 Å². The molecule has 0 atom stereocenters. The molecule has 11 heteroatoms. The van der Waals surface area contributed by atoms with E-state index < -0.39 is 12.0 Å². The van der Waals surface area contributed by atoms with Gasteiger partial charge >= 0.3 is 6.18 Å². The average Bonchev–Trinajstić information content (AvgIpc) is 3.63. The fourth-order valence-electron chi connectivity index (χ4n) is 3.76. The SMILES string of the molecule is Cc1nnc(-c2[c-]cc(-c3ccccc3)cc2)n1-c1ccccc1.FC(F)(F)c1n[n-]c(-c2ccccn2)n1.[Ir]. The van der Waals surface area contributed by atoms with Gasteiger partial charge in [-0.25, -0.2) is 0 Å². The van der Waals surface area contributed by atoms with Crippen LogP contribution in [0.4, 0.5) is 13.2 Å². The number of benzene rings is 3. The van der Waals surface area contributed by atoms with Gasteiger partial charge in [-0.2, -0.15) is 18.3 Å². The van der Waals surface area contributed by atoms with E-state index in [1.807, 2.05) is 60.0 Å². The molecule has 3 heterocycles. The fourth-order valence-corrected chi connectivity index (χ4v) is 3.76. The van der Waals surface area contributed by atoms with Gasteiger partial charge in [-0.15, -0.1) is 34.9 Å². The Labute approximate surface area is 241 Å². The van der Waals surface area contributed by atoms with Crippen molar-refractivity contribution in [3.05, 3.63) is 121 Å². The molecule has 0 bridgehead atoms. The van der Waals surface area contributed by atoms with E-state index in [9.17, 15) is 13.2 Å². The second-order valence-electron chi connectivity index (χ2n) is 8.27. The van der Waals surface area contributed by atoms with Crippen molar-refractivity contribution < 1.29 is 33.3 Å². The van der Waals surface area contributed by atoms with Crippen LogP contribution in [-0.4, -0.2) is 29.8 Å². The predicted molar refractivity (Wildman–Crippen MR) is 139 cm³/mol. The van der Waals surface area contributed by atoms with Gasteiger partial charge in [0.1, 0.15) is 11.6 Å². The van der Waals surface area contributed by atoms with Crippen molar-refractivity contribution in [1.82, 2.24) is 34.9 Å². The van der Waals surface area contributed by atoms with Crippen molar-refractivity contribution in [2.75, 3.05) is 0 Å². The van der Waals surface area contributed by atoms with Crippen LogP contribution < -0.4 is 5.10 Å². The Bertz CT molecular complexity index is 1630. The molecule has 0 saturated heterocycles. The zero-order valence-corrected chi connectivity index (χ0v) is 23.3. The Morgan fingerprint density at radius 2 is 1.50 bits per heavy atom. The maximum atomic E-state index is 12.1. The smallest absolute Gasteiger partial charge is 0.413 e. The standard InChI is InChI=1S/C21H16N3.C8H4F3N4.Ir/c1-16-22-23-21(24(16)20-10-6-3-7-11-20)19-14-12-18(13-15-19)17-8-4-2-5-9-17;9-8(10,11)7-13-6(14-15-7)5-3-1-2-4-12-5;/h2-14H,1H3;1-4H;/q2*-1;. The molecule has 0 fully saturated rings. The number of alkyl halides is 3. The molecule has 1 radical (unpaired) electrons. The number of aromatic nitrogens is 7. The summed E-state index contributed by atoms with van der Waals surface area (Å²) in [6.45, 7) is 1.96. The summed E-state index contributed by atoms with van der Waals surface area (Å²) < 4.78 is 38.4. The van der Waals surface area contributed by atoms with Gasteiger partial charge in [-0.05, 0) is 37.0 Å². The maximum absolute atomic E-state index is 12.1. The van der Waals surface area contributed by atoms with Gasteiger partial charge in [0.15, 0.2) is 0 Å². The van der Waals surface area contributed by atoms with Crippen LogP contribution in [0.1, 0.15) is 11.6 Å². The Kier molecular flexibility index (Phi) is 8.98. The summed E-state index contributed by atoms with van der Waals surface area (Å²) in [6, 6.07) is 34.7. The third kappa shape index (κ3) is 6.56. The van der Waals surface area contributed by atoms with E-state index in [-0.39, 0.29) is 31.6 Å². The molecule has 0 amide bonds.